The molecule has 1 aromatic carbocycles. The molecule has 2 rings (SSSR count). The molecule has 0 spiro atoms. The number of nitrogens with two attached hydrogens (primary N) is 2. The molecule has 2 amide bonds. The van der Waals surface area contributed by atoms with Gasteiger partial charge in [-0.05, 0) is 0 Å². The highest BCUT2D eigenvalue weighted by molar-refractivity contribution is 5.99. The molecule has 2 aromatic rings. The minimum atomic E-state index is -0.841. The summed E-state index contributed by atoms with van der Waals surface area (Å²) >= 11 is 0. The molecule has 0 saturated heterocycles. The fourth-order valence-electron chi connectivity index (χ4n) is 1.36. The van der Waals surface area contributed by atoms with E-state index in [1.807, 2.05) is 24.3 Å². The highest BCUT2D eigenvalue weighted by atomic mass is 16.2. The number of rotatable bonds is 1. The van der Waals surface area contributed by atoms with Gasteiger partial charge in [-0.15, -0.1) is 5.11 Å². The zero-order chi connectivity index (χ0) is 10.8. The van der Waals surface area contributed by atoms with Crippen LogP contribution in [-0.2, 0) is 0 Å². The van der Waals surface area contributed by atoms with Crippen molar-refractivity contribution in [2.75, 3.05) is 5.73 Å². The van der Waals surface area contributed by atoms with Crippen molar-refractivity contribution in [1.82, 2.24) is 4.98 Å². The predicted molar refractivity (Wildman–Crippen MR) is 56.8 cm³/mol. The molecule has 0 bridgehead atoms. The largest absolute Gasteiger partial charge is 0.385 e. The van der Waals surface area contributed by atoms with Crippen molar-refractivity contribution >= 4 is 28.4 Å². The Kier molecular flexibility index (Phi) is 2.09. The van der Waals surface area contributed by atoms with Crippen molar-refractivity contribution in [3.8, 4) is 0 Å². The number of fused-ring (bicyclic) bond motifs is 1. The number of H-pyrrole nitrogens is 1. The van der Waals surface area contributed by atoms with Crippen LogP contribution in [0.1, 0.15) is 0 Å². The Morgan fingerprint density at radius 2 is 1.93 bits per heavy atom. The summed E-state index contributed by atoms with van der Waals surface area (Å²) in [4.78, 5) is 13.2. The minimum Gasteiger partial charge on any atom is -0.385 e. The molecule has 76 valence electrons. The third-order valence-corrected chi connectivity index (χ3v) is 1.97. The number of carbonyl (C=O) groups excluding carboxylic acids is 1. The van der Waals surface area contributed by atoms with Gasteiger partial charge in [0, 0.05) is 10.8 Å². The van der Waals surface area contributed by atoms with Gasteiger partial charge in [0.15, 0.2) is 5.82 Å². The number of nitrogen functional groups attached to an aromatic ring is 1. The number of nitrogens with one attached hydrogen (secondary N) is 1. The number of urea groups is 1. The predicted octanol–water partition coefficient (Wildman–Crippen LogP) is 1.91. The van der Waals surface area contributed by atoms with Crippen molar-refractivity contribution in [2.24, 2.45) is 16.0 Å². The van der Waals surface area contributed by atoms with Crippen LogP contribution in [0, 0.1) is 0 Å². The molecule has 15 heavy (non-hydrogen) atoms. The van der Waals surface area contributed by atoms with Crippen LogP contribution in [0.25, 0.3) is 10.8 Å². The van der Waals surface area contributed by atoms with Crippen LogP contribution >= 0.6 is 0 Å². The lowest BCUT2D eigenvalue weighted by Gasteiger charge is -1.88. The van der Waals surface area contributed by atoms with Gasteiger partial charge in [-0.25, -0.2) is 4.79 Å². The molecule has 0 atom stereocenters. The molecule has 0 aliphatic heterocycles. The van der Waals surface area contributed by atoms with Crippen LogP contribution in [0.2, 0.25) is 0 Å². The maximum Gasteiger partial charge on any atom is 0.357 e. The number of carbonyl (C=O) groups is 1. The second-order valence-corrected chi connectivity index (χ2v) is 2.97. The van der Waals surface area contributed by atoms with E-state index in [1.54, 1.807) is 0 Å². The van der Waals surface area contributed by atoms with E-state index in [2.05, 4.69) is 15.2 Å². The van der Waals surface area contributed by atoms with Gasteiger partial charge in [-0.3, -0.25) is 0 Å². The molecule has 0 radical (unpaired) electrons. The molecule has 6 heteroatoms. The van der Waals surface area contributed by atoms with Crippen molar-refractivity contribution in [1.29, 1.82) is 0 Å². The standard InChI is InChI=1S/C9H9N5O/c10-7-5-3-1-2-4-6(5)8(12-7)13-14-9(11)15/h1-4,12H,10H2,(H2,11,15)/b14-13+. The molecular weight excluding hydrogens is 194 g/mol. The van der Waals surface area contributed by atoms with Gasteiger partial charge >= 0.3 is 6.03 Å². The van der Waals surface area contributed by atoms with Crippen LogP contribution in [0.5, 0.6) is 0 Å². The average molecular weight is 203 g/mol. The molecule has 0 aliphatic carbocycles. The van der Waals surface area contributed by atoms with Crippen LogP contribution in [-0.4, -0.2) is 11.0 Å². The van der Waals surface area contributed by atoms with Gasteiger partial charge in [-0.2, -0.15) is 0 Å². The van der Waals surface area contributed by atoms with E-state index in [9.17, 15) is 4.79 Å². The second-order valence-electron chi connectivity index (χ2n) is 2.97. The topological polar surface area (TPSA) is 110 Å². The molecule has 5 N–H and O–H groups in total. The third kappa shape index (κ3) is 1.64. The lowest BCUT2D eigenvalue weighted by molar-refractivity contribution is 0.255. The normalized spacial score (nSPS) is 11.2. The fraction of sp³-hybridized carbons (Fsp3) is 0. The average Bonchev–Trinajstić information content (AvgIpc) is 2.54. The zero-order valence-corrected chi connectivity index (χ0v) is 7.77. The number of aromatic amines is 1. The highest BCUT2D eigenvalue weighted by Gasteiger charge is 2.06. The summed E-state index contributed by atoms with van der Waals surface area (Å²) in [7, 11) is 0. The Labute approximate surface area is 85.0 Å². The van der Waals surface area contributed by atoms with E-state index in [4.69, 9.17) is 11.5 Å². The van der Waals surface area contributed by atoms with E-state index in [-0.39, 0.29) is 0 Å². The molecule has 0 unspecified atom stereocenters. The summed E-state index contributed by atoms with van der Waals surface area (Å²) in [5, 5.41) is 8.55. The Morgan fingerprint density at radius 3 is 2.60 bits per heavy atom. The first-order chi connectivity index (χ1) is 7.18. The lowest BCUT2D eigenvalue weighted by atomic mass is 10.2. The Bertz CT molecular complexity index is 542. The Balaban J connectivity index is 2.57. The van der Waals surface area contributed by atoms with Crippen LogP contribution < -0.4 is 11.5 Å². The maximum absolute atomic E-state index is 10.4. The number of azo groups is 1. The van der Waals surface area contributed by atoms with Gasteiger partial charge in [0.25, 0.3) is 0 Å². The number of amides is 2. The van der Waals surface area contributed by atoms with E-state index in [0.29, 0.717) is 11.6 Å². The Morgan fingerprint density at radius 1 is 1.27 bits per heavy atom. The first-order valence-electron chi connectivity index (χ1n) is 4.26. The first-order valence-corrected chi connectivity index (χ1v) is 4.26. The molecule has 0 fully saturated rings. The number of aromatic nitrogens is 1. The summed E-state index contributed by atoms with van der Waals surface area (Å²) < 4.78 is 0. The number of anilines is 1. The van der Waals surface area contributed by atoms with Gasteiger partial charge < -0.3 is 16.5 Å². The number of nitrogens with zero attached hydrogens (tertiary/aromatic N) is 2. The van der Waals surface area contributed by atoms with E-state index in [0.717, 1.165) is 10.8 Å². The summed E-state index contributed by atoms with van der Waals surface area (Å²) in [6, 6.07) is 6.55. The monoisotopic (exact) mass is 203 g/mol. The summed E-state index contributed by atoms with van der Waals surface area (Å²) in [6.45, 7) is 0. The van der Waals surface area contributed by atoms with Crippen molar-refractivity contribution < 1.29 is 4.79 Å². The summed E-state index contributed by atoms with van der Waals surface area (Å²) in [5.74, 6) is 0.922. The number of hydrogen-bond acceptors (Lipinski definition) is 3. The van der Waals surface area contributed by atoms with E-state index >= 15 is 0 Å². The van der Waals surface area contributed by atoms with Crippen LogP contribution in [0.4, 0.5) is 16.4 Å². The molecule has 1 aromatic heterocycles. The van der Waals surface area contributed by atoms with Gasteiger partial charge in [0.2, 0.25) is 0 Å². The highest BCUT2D eigenvalue weighted by Crippen LogP contribution is 2.30. The smallest absolute Gasteiger partial charge is 0.357 e. The number of hydrogen-bond donors (Lipinski definition) is 3. The zero-order valence-electron chi connectivity index (χ0n) is 7.77. The van der Waals surface area contributed by atoms with Gasteiger partial charge in [0.1, 0.15) is 5.82 Å². The van der Waals surface area contributed by atoms with Crippen LogP contribution in [0.15, 0.2) is 34.5 Å². The van der Waals surface area contributed by atoms with Crippen molar-refractivity contribution in [3.05, 3.63) is 24.3 Å². The van der Waals surface area contributed by atoms with Gasteiger partial charge in [0.05, 0.1) is 0 Å². The Hall–Kier alpha value is -2.37. The molecule has 0 aliphatic rings. The summed E-state index contributed by atoms with van der Waals surface area (Å²) in [5.41, 5.74) is 10.6. The molecule has 1 heterocycles. The van der Waals surface area contributed by atoms with E-state index in [1.165, 1.54) is 0 Å². The SMILES string of the molecule is NC(=O)/N=N/c1[nH]c(N)c2ccccc12. The fourth-order valence-corrected chi connectivity index (χ4v) is 1.36. The van der Waals surface area contributed by atoms with Gasteiger partial charge in [-0.1, -0.05) is 29.4 Å². The van der Waals surface area contributed by atoms with Crippen molar-refractivity contribution in [3.63, 3.8) is 0 Å². The number of primary amides is 1. The number of benzene rings is 1. The van der Waals surface area contributed by atoms with Crippen molar-refractivity contribution in [2.45, 2.75) is 0 Å². The van der Waals surface area contributed by atoms with E-state index < -0.39 is 6.03 Å². The molecule has 0 saturated carbocycles. The minimum absolute atomic E-state index is 0.432. The van der Waals surface area contributed by atoms with Crippen LogP contribution in [0.3, 0.4) is 0 Å². The second kappa shape index (κ2) is 3.41. The molecular formula is C9H9N5O. The molecule has 6 nitrogen and oxygen atoms in total. The lowest BCUT2D eigenvalue weighted by Crippen LogP contribution is -2.01. The summed E-state index contributed by atoms with van der Waals surface area (Å²) in [6.07, 6.45) is 0. The first kappa shape index (κ1) is 9.20. The maximum atomic E-state index is 10.4. The third-order valence-electron chi connectivity index (χ3n) is 1.97. The quantitative estimate of drug-likeness (QED) is 0.615.